The summed E-state index contributed by atoms with van der Waals surface area (Å²) in [6, 6.07) is 6.40. The van der Waals surface area contributed by atoms with E-state index >= 15 is 0 Å². The van der Waals surface area contributed by atoms with Crippen LogP contribution in [-0.2, 0) is 15.5 Å². The summed E-state index contributed by atoms with van der Waals surface area (Å²) in [5.74, 6) is -1.29. The molecule has 0 radical (unpaired) electrons. The molecule has 0 amide bonds. The maximum Gasteiger partial charge on any atom is 0.340 e. The molecule has 26 heavy (non-hydrogen) atoms. The van der Waals surface area contributed by atoms with Gasteiger partial charge in [-0.2, -0.15) is 0 Å². The maximum atomic E-state index is 12.7. The third-order valence-electron chi connectivity index (χ3n) is 4.11. The molecule has 0 bridgehead atoms. The Morgan fingerprint density at radius 1 is 1.15 bits per heavy atom. The number of rotatable bonds is 6. The van der Waals surface area contributed by atoms with Gasteiger partial charge in [-0.25, -0.2) is 4.79 Å². The number of aromatic nitrogens is 1. The number of hydrogen-bond donors (Lipinski definition) is 1. The van der Waals surface area contributed by atoms with Gasteiger partial charge in [0.15, 0.2) is 11.9 Å². The molecule has 2 aromatic rings. The van der Waals surface area contributed by atoms with Crippen LogP contribution < -0.4 is 0 Å². The highest BCUT2D eigenvalue weighted by Gasteiger charge is 2.27. The first-order valence-corrected chi connectivity index (χ1v) is 9.58. The van der Waals surface area contributed by atoms with Gasteiger partial charge in [-0.15, -0.1) is 0 Å². The molecule has 0 aliphatic rings. The Morgan fingerprint density at radius 3 is 2.31 bits per heavy atom. The first kappa shape index (κ1) is 19.8. The monoisotopic (exact) mass is 375 g/mol. The highest BCUT2D eigenvalue weighted by Crippen LogP contribution is 2.21. The van der Waals surface area contributed by atoms with Gasteiger partial charge in [0.05, 0.1) is 27.0 Å². The molecule has 1 aromatic heterocycles. The van der Waals surface area contributed by atoms with E-state index in [1.54, 1.807) is 32.0 Å². The van der Waals surface area contributed by atoms with Crippen molar-refractivity contribution in [3.63, 3.8) is 0 Å². The number of Topliss-reactive ketones (excluding diaryl/α,β-unsaturated/α-hetero) is 2. The second-order valence-electron chi connectivity index (χ2n) is 6.04. The Kier molecular flexibility index (Phi) is 5.92. The molecule has 0 saturated heterocycles. The lowest BCUT2D eigenvalue weighted by molar-refractivity contribution is 0.0313. The molecule has 1 heterocycles. The van der Waals surface area contributed by atoms with Crippen molar-refractivity contribution in [1.82, 2.24) is 4.98 Å². The van der Waals surface area contributed by atoms with E-state index in [4.69, 9.17) is 4.74 Å². The molecule has 0 unspecified atom stereocenters. The third-order valence-corrected chi connectivity index (χ3v) is 5.08. The number of aryl methyl sites for hydroxylation is 1. The predicted molar refractivity (Wildman–Crippen MR) is 98.3 cm³/mol. The molecule has 0 spiro atoms. The van der Waals surface area contributed by atoms with Crippen LogP contribution in [0.5, 0.6) is 0 Å². The van der Waals surface area contributed by atoms with Crippen molar-refractivity contribution < 1.29 is 23.3 Å². The lowest BCUT2D eigenvalue weighted by Crippen LogP contribution is -2.26. The number of H-pyrrole nitrogens is 1. The summed E-state index contributed by atoms with van der Waals surface area (Å²) >= 11 is 0. The third kappa shape index (κ3) is 3.83. The van der Waals surface area contributed by atoms with E-state index in [9.17, 15) is 18.6 Å². The molecule has 6 nitrogen and oxygen atoms in total. The first-order valence-electron chi connectivity index (χ1n) is 8.02. The van der Waals surface area contributed by atoms with Crippen molar-refractivity contribution in [2.24, 2.45) is 0 Å². The van der Waals surface area contributed by atoms with Crippen molar-refractivity contribution in [3.8, 4) is 0 Å². The van der Waals surface area contributed by atoms with Gasteiger partial charge >= 0.3 is 5.97 Å². The summed E-state index contributed by atoms with van der Waals surface area (Å²) in [6.45, 7) is 6.29. The second kappa shape index (κ2) is 7.78. The SMILES string of the molecule is CC(=O)c1c(C)[nH]c(C(=O)[C@H](C)OC(=O)c2ccccc2[S@@](C)=O)c1C. The van der Waals surface area contributed by atoms with Crippen molar-refractivity contribution in [2.45, 2.75) is 38.7 Å². The van der Waals surface area contributed by atoms with Crippen LogP contribution in [0.4, 0.5) is 0 Å². The molecular formula is C19H21NO5S. The second-order valence-corrected chi connectivity index (χ2v) is 7.39. The van der Waals surface area contributed by atoms with Crippen molar-refractivity contribution in [3.05, 3.63) is 52.3 Å². The Balaban J connectivity index is 2.26. The summed E-state index contributed by atoms with van der Waals surface area (Å²) in [5.41, 5.74) is 2.03. The lowest BCUT2D eigenvalue weighted by Gasteiger charge is -2.13. The molecule has 0 saturated carbocycles. The zero-order valence-corrected chi connectivity index (χ0v) is 16.2. The highest BCUT2D eigenvalue weighted by atomic mass is 32.2. The van der Waals surface area contributed by atoms with Gasteiger partial charge in [0.2, 0.25) is 5.78 Å². The Bertz CT molecular complexity index is 913. The molecule has 2 atom stereocenters. The number of carbonyl (C=O) groups is 3. The van der Waals surface area contributed by atoms with Crippen LogP contribution in [0.1, 0.15) is 56.3 Å². The van der Waals surface area contributed by atoms with Crippen molar-refractivity contribution >= 4 is 28.3 Å². The fourth-order valence-corrected chi connectivity index (χ4v) is 3.62. The van der Waals surface area contributed by atoms with Gasteiger partial charge in [0.1, 0.15) is 0 Å². The molecule has 0 aliphatic carbocycles. The van der Waals surface area contributed by atoms with Crippen LogP contribution in [0.2, 0.25) is 0 Å². The zero-order valence-electron chi connectivity index (χ0n) is 15.3. The average Bonchev–Trinajstić information content (AvgIpc) is 2.88. The van der Waals surface area contributed by atoms with E-state index in [0.717, 1.165) is 0 Å². The summed E-state index contributed by atoms with van der Waals surface area (Å²) in [4.78, 5) is 40.0. The molecule has 0 aliphatic heterocycles. The maximum absolute atomic E-state index is 12.7. The largest absolute Gasteiger partial charge is 0.451 e. The average molecular weight is 375 g/mol. The fraction of sp³-hybridized carbons (Fsp3) is 0.316. The van der Waals surface area contributed by atoms with Crippen LogP contribution >= 0.6 is 0 Å². The minimum atomic E-state index is -1.36. The summed E-state index contributed by atoms with van der Waals surface area (Å²) < 4.78 is 17.0. The van der Waals surface area contributed by atoms with Crippen molar-refractivity contribution in [1.29, 1.82) is 0 Å². The van der Waals surface area contributed by atoms with Crippen LogP contribution in [0, 0.1) is 13.8 Å². The van der Waals surface area contributed by atoms with E-state index in [1.807, 2.05) is 0 Å². The molecule has 2 rings (SSSR count). The number of nitrogens with one attached hydrogen (secondary N) is 1. The number of hydrogen-bond acceptors (Lipinski definition) is 5. The Labute approximate surface area is 154 Å². The normalized spacial score (nSPS) is 13.1. The van der Waals surface area contributed by atoms with Gasteiger partial charge < -0.3 is 9.72 Å². The van der Waals surface area contributed by atoms with Crippen LogP contribution in [0.25, 0.3) is 0 Å². The number of aromatic amines is 1. The minimum Gasteiger partial charge on any atom is -0.451 e. The number of esters is 1. The van der Waals surface area contributed by atoms with Gasteiger partial charge in [-0.05, 0) is 45.4 Å². The highest BCUT2D eigenvalue weighted by molar-refractivity contribution is 7.84. The fourth-order valence-electron chi connectivity index (χ4n) is 2.89. The Hall–Kier alpha value is -2.54. The van der Waals surface area contributed by atoms with Gasteiger partial charge in [-0.1, -0.05) is 12.1 Å². The molecule has 1 N–H and O–H groups in total. The van der Waals surface area contributed by atoms with E-state index in [-0.39, 0.29) is 17.0 Å². The van der Waals surface area contributed by atoms with Gasteiger partial charge in [-0.3, -0.25) is 13.8 Å². The summed E-state index contributed by atoms with van der Waals surface area (Å²) in [7, 11) is -1.36. The molecule has 138 valence electrons. The minimum absolute atomic E-state index is 0.140. The topological polar surface area (TPSA) is 93.3 Å². The first-order chi connectivity index (χ1) is 12.1. The number of ketones is 2. The quantitative estimate of drug-likeness (QED) is 0.619. The predicted octanol–water partition coefficient (Wildman–Crippen LogP) is 3.00. The number of carbonyl (C=O) groups excluding carboxylic acids is 3. The van der Waals surface area contributed by atoms with E-state index < -0.39 is 28.7 Å². The lowest BCUT2D eigenvalue weighted by atomic mass is 10.0. The standard InChI is InChI=1S/C19H21NO5S/c1-10-16(12(3)21)11(2)20-17(10)18(22)13(4)25-19(23)14-8-6-7-9-15(14)26(5)24/h6-9,13,20H,1-5H3/t13-,26+/m0/s1. The van der Waals surface area contributed by atoms with Crippen LogP contribution in [0.3, 0.4) is 0 Å². The van der Waals surface area contributed by atoms with E-state index in [1.165, 1.54) is 26.2 Å². The molecule has 0 fully saturated rings. The van der Waals surface area contributed by atoms with Crippen LogP contribution in [-0.4, -0.2) is 39.1 Å². The number of ether oxygens (including phenoxy) is 1. The van der Waals surface area contributed by atoms with Crippen LogP contribution in [0.15, 0.2) is 29.2 Å². The zero-order chi connectivity index (χ0) is 19.6. The van der Waals surface area contributed by atoms with E-state index in [0.29, 0.717) is 21.7 Å². The van der Waals surface area contributed by atoms with Gasteiger partial charge in [0.25, 0.3) is 0 Å². The summed E-state index contributed by atoms with van der Waals surface area (Å²) in [5, 5.41) is 0. The van der Waals surface area contributed by atoms with Gasteiger partial charge in [0, 0.05) is 17.5 Å². The Morgan fingerprint density at radius 2 is 1.77 bits per heavy atom. The smallest absolute Gasteiger partial charge is 0.340 e. The molecular weight excluding hydrogens is 354 g/mol. The molecule has 7 heteroatoms. The summed E-state index contributed by atoms with van der Waals surface area (Å²) in [6.07, 6.45) is 0.409. The molecule has 1 aromatic carbocycles. The number of benzene rings is 1. The van der Waals surface area contributed by atoms with E-state index in [2.05, 4.69) is 4.98 Å². The van der Waals surface area contributed by atoms with Crippen molar-refractivity contribution in [2.75, 3.05) is 6.26 Å².